The van der Waals surface area contributed by atoms with Gasteiger partial charge in [-0.3, -0.25) is 14.9 Å². The summed E-state index contributed by atoms with van der Waals surface area (Å²) in [5.74, 6) is -1.02. The van der Waals surface area contributed by atoms with Gasteiger partial charge in [-0.15, -0.1) is 0 Å². The van der Waals surface area contributed by atoms with E-state index in [2.05, 4.69) is 10.5 Å². The first-order chi connectivity index (χ1) is 17.4. The van der Waals surface area contributed by atoms with Crippen LogP contribution in [0.25, 0.3) is 10.8 Å². The van der Waals surface area contributed by atoms with Gasteiger partial charge in [0.2, 0.25) is 0 Å². The van der Waals surface area contributed by atoms with Crippen molar-refractivity contribution in [2.75, 3.05) is 6.61 Å². The molecule has 0 saturated carbocycles. The number of para-hydroxylation sites is 2. The highest BCUT2D eigenvalue weighted by atomic mass is 35.5. The third-order valence-corrected chi connectivity index (χ3v) is 5.27. The summed E-state index contributed by atoms with van der Waals surface area (Å²) in [4.78, 5) is 35.3. The van der Waals surface area contributed by atoms with Crippen LogP contribution >= 0.6 is 11.6 Å². The van der Waals surface area contributed by atoms with Crippen molar-refractivity contribution in [1.29, 1.82) is 0 Å². The summed E-state index contributed by atoms with van der Waals surface area (Å²) in [7, 11) is 0. The van der Waals surface area contributed by atoms with E-state index < -0.39 is 23.4 Å². The average molecular weight is 504 g/mol. The number of amides is 1. The van der Waals surface area contributed by atoms with Crippen LogP contribution in [0.5, 0.6) is 11.5 Å². The molecular weight excluding hydrogens is 486 g/mol. The van der Waals surface area contributed by atoms with Gasteiger partial charge in [0.15, 0.2) is 12.4 Å². The molecule has 1 N–H and O–H groups in total. The predicted molar refractivity (Wildman–Crippen MR) is 135 cm³/mol. The molecule has 0 unspecified atom stereocenters. The zero-order valence-corrected chi connectivity index (χ0v) is 19.3. The number of hydrazone groups is 1. The summed E-state index contributed by atoms with van der Waals surface area (Å²) in [6.45, 7) is -0.490. The lowest BCUT2D eigenvalue weighted by Crippen LogP contribution is -2.24. The first-order valence-electron chi connectivity index (χ1n) is 10.6. The minimum absolute atomic E-state index is 0.0351. The van der Waals surface area contributed by atoms with Crippen LogP contribution in [0.15, 0.2) is 90.0 Å². The largest absolute Gasteiger partial charge is 0.477 e. The van der Waals surface area contributed by atoms with Gasteiger partial charge in [-0.25, -0.2) is 10.2 Å². The lowest BCUT2D eigenvalue weighted by atomic mass is 10.0. The number of ether oxygens (including phenoxy) is 2. The fourth-order valence-corrected chi connectivity index (χ4v) is 3.44. The number of nitro groups is 1. The Labute approximate surface area is 210 Å². The molecule has 10 heteroatoms. The maximum Gasteiger partial charge on any atom is 0.343 e. The van der Waals surface area contributed by atoms with Crippen molar-refractivity contribution in [2.45, 2.75) is 0 Å². The molecule has 4 rings (SSSR count). The van der Waals surface area contributed by atoms with Crippen molar-refractivity contribution in [3.8, 4) is 11.5 Å². The molecule has 0 saturated heterocycles. The van der Waals surface area contributed by atoms with Crippen molar-refractivity contribution < 1.29 is 24.0 Å². The molecule has 0 atom stereocenters. The number of nitro benzene ring substituents is 1. The van der Waals surface area contributed by atoms with E-state index in [1.165, 1.54) is 24.4 Å². The van der Waals surface area contributed by atoms with Gasteiger partial charge in [-0.1, -0.05) is 54.1 Å². The second kappa shape index (κ2) is 11.1. The van der Waals surface area contributed by atoms with Gasteiger partial charge in [0.1, 0.15) is 5.75 Å². The lowest BCUT2D eigenvalue weighted by molar-refractivity contribution is -0.385. The number of esters is 1. The Bertz CT molecular complexity index is 1470. The molecule has 0 bridgehead atoms. The Morgan fingerprint density at radius 1 is 0.944 bits per heavy atom. The minimum Gasteiger partial charge on any atom is -0.477 e. The number of hydrogen-bond acceptors (Lipinski definition) is 7. The van der Waals surface area contributed by atoms with Gasteiger partial charge in [0.05, 0.1) is 16.7 Å². The first kappa shape index (κ1) is 24.4. The molecule has 180 valence electrons. The molecular formula is C26H18ClN3O6. The van der Waals surface area contributed by atoms with Crippen LogP contribution in [-0.2, 0) is 4.79 Å². The van der Waals surface area contributed by atoms with E-state index in [0.29, 0.717) is 16.1 Å². The number of benzene rings is 4. The molecule has 1 amide bonds. The number of carbonyl (C=O) groups excluding carboxylic acids is 2. The second-order valence-corrected chi connectivity index (χ2v) is 7.84. The standard InChI is InChI=1S/C26H18ClN3O6/c27-19-12-9-18(10-13-19)26(32)36-23-14-11-17-5-1-2-6-20(17)21(23)15-28-29-25(31)16-35-24-8-4-3-7-22(24)30(33)34/h1-15H,16H2,(H,29,31)/b28-15+. The van der Waals surface area contributed by atoms with E-state index in [-0.39, 0.29) is 17.2 Å². The minimum atomic E-state index is -0.635. The zero-order chi connectivity index (χ0) is 25.5. The Balaban J connectivity index is 1.50. The molecule has 0 aromatic heterocycles. The van der Waals surface area contributed by atoms with Gasteiger partial charge in [-0.05, 0) is 47.2 Å². The third kappa shape index (κ3) is 5.83. The van der Waals surface area contributed by atoms with E-state index in [4.69, 9.17) is 21.1 Å². The fraction of sp³-hybridized carbons (Fsp3) is 0.0385. The molecule has 0 heterocycles. The van der Waals surface area contributed by atoms with Crippen LogP contribution in [0.4, 0.5) is 5.69 Å². The molecule has 0 aliphatic carbocycles. The number of nitrogens with one attached hydrogen (secondary N) is 1. The highest BCUT2D eigenvalue weighted by Crippen LogP contribution is 2.28. The smallest absolute Gasteiger partial charge is 0.343 e. The van der Waals surface area contributed by atoms with E-state index in [0.717, 1.165) is 10.8 Å². The topological polar surface area (TPSA) is 120 Å². The lowest BCUT2D eigenvalue weighted by Gasteiger charge is -2.11. The molecule has 0 aliphatic rings. The molecule has 4 aromatic rings. The second-order valence-electron chi connectivity index (χ2n) is 7.40. The number of rotatable bonds is 8. The van der Waals surface area contributed by atoms with Crippen molar-refractivity contribution >= 4 is 46.2 Å². The maximum atomic E-state index is 12.6. The number of halogens is 1. The number of nitrogens with zero attached hydrogens (tertiary/aromatic N) is 2. The summed E-state index contributed by atoms with van der Waals surface area (Å²) in [5.41, 5.74) is 2.84. The van der Waals surface area contributed by atoms with Crippen LogP contribution in [0, 0.1) is 10.1 Å². The molecule has 0 spiro atoms. The van der Waals surface area contributed by atoms with Gasteiger partial charge < -0.3 is 9.47 Å². The Morgan fingerprint density at radius 2 is 1.67 bits per heavy atom. The highest BCUT2D eigenvalue weighted by molar-refractivity contribution is 6.30. The number of hydrogen-bond donors (Lipinski definition) is 1. The summed E-state index contributed by atoms with van der Waals surface area (Å²) < 4.78 is 10.9. The number of fused-ring (bicyclic) bond motifs is 1. The molecule has 4 aromatic carbocycles. The predicted octanol–water partition coefficient (Wildman–Crippen LogP) is 5.15. The summed E-state index contributed by atoms with van der Waals surface area (Å²) >= 11 is 5.89. The molecule has 0 fully saturated rings. The SMILES string of the molecule is O=C(COc1ccccc1[N+](=O)[O-])N/N=C/c1c(OC(=O)c2ccc(Cl)cc2)ccc2ccccc12. The monoisotopic (exact) mass is 503 g/mol. The van der Waals surface area contributed by atoms with Gasteiger partial charge >= 0.3 is 11.7 Å². The van der Waals surface area contributed by atoms with E-state index in [1.54, 1.807) is 42.5 Å². The summed E-state index contributed by atoms with van der Waals surface area (Å²) in [6, 6.07) is 22.8. The summed E-state index contributed by atoms with van der Waals surface area (Å²) in [5, 5.41) is 17.2. The van der Waals surface area contributed by atoms with E-state index in [9.17, 15) is 19.7 Å². The van der Waals surface area contributed by atoms with Crippen LogP contribution in [0.1, 0.15) is 15.9 Å². The fourth-order valence-electron chi connectivity index (χ4n) is 3.32. The molecule has 36 heavy (non-hydrogen) atoms. The summed E-state index contributed by atoms with van der Waals surface area (Å²) in [6.07, 6.45) is 1.36. The Kier molecular flexibility index (Phi) is 7.52. The van der Waals surface area contributed by atoms with Crippen LogP contribution in [0.3, 0.4) is 0 Å². The quantitative estimate of drug-likeness (QED) is 0.117. The highest BCUT2D eigenvalue weighted by Gasteiger charge is 2.16. The molecule has 0 radical (unpaired) electrons. The van der Waals surface area contributed by atoms with Gasteiger partial charge in [-0.2, -0.15) is 5.10 Å². The third-order valence-electron chi connectivity index (χ3n) is 5.02. The van der Waals surface area contributed by atoms with Crippen LogP contribution < -0.4 is 14.9 Å². The first-order valence-corrected chi connectivity index (χ1v) is 11.0. The van der Waals surface area contributed by atoms with Gasteiger partial charge in [0, 0.05) is 16.7 Å². The average Bonchev–Trinajstić information content (AvgIpc) is 2.89. The van der Waals surface area contributed by atoms with E-state index >= 15 is 0 Å². The van der Waals surface area contributed by atoms with Crippen molar-refractivity contribution in [3.05, 3.63) is 111 Å². The normalized spacial score (nSPS) is 10.8. The zero-order valence-electron chi connectivity index (χ0n) is 18.6. The number of carbonyl (C=O) groups is 2. The van der Waals surface area contributed by atoms with Crippen molar-refractivity contribution in [2.24, 2.45) is 5.10 Å². The molecule has 0 aliphatic heterocycles. The maximum absolute atomic E-state index is 12.6. The van der Waals surface area contributed by atoms with Gasteiger partial charge in [0.25, 0.3) is 5.91 Å². The van der Waals surface area contributed by atoms with Crippen LogP contribution in [0.2, 0.25) is 5.02 Å². The van der Waals surface area contributed by atoms with Crippen molar-refractivity contribution in [1.82, 2.24) is 5.43 Å². The Hall–Kier alpha value is -4.76. The van der Waals surface area contributed by atoms with E-state index in [1.807, 2.05) is 24.3 Å². The van der Waals surface area contributed by atoms with Crippen molar-refractivity contribution in [3.63, 3.8) is 0 Å². The Morgan fingerprint density at radius 3 is 2.44 bits per heavy atom. The van der Waals surface area contributed by atoms with Crippen LogP contribution in [-0.4, -0.2) is 29.6 Å². The molecule has 9 nitrogen and oxygen atoms in total.